The molecule has 1 aromatic heterocycles. The van der Waals surface area contributed by atoms with Crippen molar-refractivity contribution in [2.24, 2.45) is 5.92 Å². The highest BCUT2D eigenvalue weighted by molar-refractivity contribution is 5.94. The first-order valence-corrected chi connectivity index (χ1v) is 10.1. The molecule has 1 aliphatic carbocycles. The maximum atomic E-state index is 13.1. The van der Waals surface area contributed by atoms with Gasteiger partial charge in [-0.15, -0.1) is 0 Å². The zero-order chi connectivity index (χ0) is 19.8. The maximum Gasteiger partial charge on any atom is 0.240 e. The minimum atomic E-state index is -0.0373. The Hall–Kier alpha value is -3.40. The van der Waals surface area contributed by atoms with Crippen LogP contribution in [-0.4, -0.2) is 10.5 Å². The third kappa shape index (κ3) is 3.31. The first-order valence-electron chi connectivity index (χ1n) is 10.1. The van der Waals surface area contributed by atoms with Crippen molar-refractivity contribution in [2.45, 2.75) is 25.4 Å². The molecular weight excluding hydrogens is 360 g/mol. The summed E-state index contributed by atoms with van der Waals surface area (Å²) in [4.78, 5) is 26.0. The molecule has 0 aliphatic heterocycles. The Kier molecular flexibility index (Phi) is 4.39. The zero-order valence-corrected chi connectivity index (χ0v) is 16.0. The summed E-state index contributed by atoms with van der Waals surface area (Å²) in [5.74, 6) is 0.466. The van der Waals surface area contributed by atoms with Gasteiger partial charge >= 0.3 is 0 Å². The van der Waals surface area contributed by atoms with Gasteiger partial charge in [0, 0.05) is 10.8 Å². The Morgan fingerprint density at radius 2 is 1.41 bits per heavy atom. The predicted octanol–water partition coefficient (Wildman–Crippen LogP) is 4.42. The molecule has 0 spiro atoms. The number of hydrogen-bond donors (Lipinski definition) is 1. The number of fused-ring (bicyclic) bond motifs is 2. The van der Waals surface area contributed by atoms with E-state index in [-0.39, 0.29) is 23.9 Å². The molecule has 1 atom stereocenters. The molecule has 0 saturated heterocycles. The van der Waals surface area contributed by atoms with E-state index in [0.717, 1.165) is 29.4 Å². The standard InChI is InChI=1S/C25H22N2O2/c28-23(26-24(18-14-15-18)17-8-2-1-3-9-17)16-27-21-12-6-4-10-19(21)25(29)20-11-5-7-13-22(20)27/h1-13,18,24H,14-16H2,(H,26,28). The molecule has 0 radical (unpaired) electrons. The van der Waals surface area contributed by atoms with Crippen LogP contribution in [0, 0.1) is 5.92 Å². The smallest absolute Gasteiger partial charge is 0.240 e. The molecule has 1 aliphatic rings. The largest absolute Gasteiger partial charge is 0.347 e. The van der Waals surface area contributed by atoms with E-state index in [2.05, 4.69) is 17.4 Å². The van der Waals surface area contributed by atoms with Crippen molar-refractivity contribution in [3.63, 3.8) is 0 Å². The Bertz CT molecular complexity index is 1200. The first kappa shape index (κ1) is 17.7. The van der Waals surface area contributed by atoms with Crippen LogP contribution in [0.25, 0.3) is 21.8 Å². The second-order valence-electron chi connectivity index (χ2n) is 7.74. The van der Waals surface area contributed by atoms with Crippen molar-refractivity contribution >= 4 is 27.7 Å². The Labute approximate surface area is 168 Å². The molecule has 1 N–H and O–H groups in total. The van der Waals surface area contributed by atoms with Crippen LogP contribution < -0.4 is 10.7 Å². The molecule has 4 nitrogen and oxygen atoms in total. The second-order valence-corrected chi connectivity index (χ2v) is 7.74. The van der Waals surface area contributed by atoms with Gasteiger partial charge in [0.2, 0.25) is 5.91 Å². The van der Waals surface area contributed by atoms with Crippen molar-refractivity contribution in [2.75, 3.05) is 0 Å². The van der Waals surface area contributed by atoms with E-state index in [1.165, 1.54) is 0 Å². The third-order valence-corrected chi connectivity index (χ3v) is 5.75. The number of pyridine rings is 1. The molecule has 3 aromatic carbocycles. The molecule has 1 heterocycles. The zero-order valence-electron chi connectivity index (χ0n) is 16.0. The number of benzene rings is 3. The topological polar surface area (TPSA) is 51.1 Å². The number of amides is 1. The summed E-state index contributed by atoms with van der Waals surface area (Å²) in [6.07, 6.45) is 2.29. The number of aromatic nitrogens is 1. The SMILES string of the molecule is O=C(Cn1c2ccccc2c(=O)c2ccccc21)NC(c1ccccc1)C1CC1. The van der Waals surface area contributed by atoms with E-state index < -0.39 is 0 Å². The van der Waals surface area contributed by atoms with Crippen LogP contribution in [0.5, 0.6) is 0 Å². The summed E-state index contributed by atoms with van der Waals surface area (Å²) in [6.45, 7) is 0.178. The molecular formula is C25H22N2O2. The van der Waals surface area contributed by atoms with Crippen LogP contribution >= 0.6 is 0 Å². The highest BCUT2D eigenvalue weighted by Gasteiger charge is 2.33. The van der Waals surface area contributed by atoms with Crippen molar-refractivity contribution in [3.8, 4) is 0 Å². The number of para-hydroxylation sites is 2. The van der Waals surface area contributed by atoms with Crippen LogP contribution in [0.2, 0.25) is 0 Å². The van der Waals surface area contributed by atoms with E-state index in [0.29, 0.717) is 16.7 Å². The van der Waals surface area contributed by atoms with Crippen molar-refractivity contribution < 1.29 is 4.79 Å². The minimum Gasteiger partial charge on any atom is -0.347 e. The lowest BCUT2D eigenvalue weighted by Crippen LogP contribution is -2.33. The van der Waals surface area contributed by atoms with Crippen LogP contribution in [0.1, 0.15) is 24.4 Å². The Morgan fingerprint density at radius 1 is 0.862 bits per heavy atom. The van der Waals surface area contributed by atoms with Gasteiger partial charge in [0.25, 0.3) is 0 Å². The number of carbonyl (C=O) groups excluding carboxylic acids is 1. The predicted molar refractivity (Wildman–Crippen MR) is 116 cm³/mol. The summed E-state index contributed by atoms with van der Waals surface area (Å²) >= 11 is 0. The van der Waals surface area contributed by atoms with E-state index in [4.69, 9.17) is 0 Å². The number of rotatable bonds is 5. The van der Waals surface area contributed by atoms with Gasteiger partial charge in [-0.25, -0.2) is 0 Å². The number of hydrogen-bond acceptors (Lipinski definition) is 2. The lowest BCUT2D eigenvalue weighted by molar-refractivity contribution is -0.122. The average molecular weight is 382 g/mol. The summed E-state index contributed by atoms with van der Waals surface area (Å²) in [6, 6.07) is 25.2. The minimum absolute atomic E-state index is 0.00741. The Balaban J connectivity index is 1.53. The number of nitrogens with one attached hydrogen (secondary N) is 1. The summed E-state index contributed by atoms with van der Waals surface area (Å²) in [5.41, 5.74) is 2.73. The highest BCUT2D eigenvalue weighted by Crippen LogP contribution is 2.40. The normalized spacial score (nSPS) is 14.8. The highest BCUT2D eigenvalue weighted by atomic mass is 16.2. The van der Waals surface area contributed by atoms with Crippen LogP contribution in [0.15, 0.2) is 83.7 Å². The lowest BCUT2D eigenvalue weighted by Gasteiger charge is -2.21. The van der Waals surface area contributed by atoms with Gasteiger partial charge in [0.05, 0.1) is 17.1 Å². The summed E-state index contributed by atoms with van der Waals surface area (Å²) in [7, 11) is 0. The van der Waals surface area contributed by atoms with Gasteiger partial charge in [-0.3, -0.25) is 9.59 Å². The molecule has 4 aromatic rings. The monoisotopic (exact) mass is 382 g/mol. The Morgan fingerprint density at radius 3 is 2.00 bits per heavy atom. The number of nitrogens with zero attached hydrogens (tertiary/aromatic N) is 1. The fraction of sp³-hybridized carbons (Fsp3) is 0.200. The fourth-order valence-electron chi connectivity index (χ4n) is 4.17. The molecule has 1 amide bonds. The van der Waals surface area contributed by atoms with E-state index in [1.807, 2.05) is 71.3 Å². The van der Waals surface area contributed by atoms with Gasteiger partial charge in [-0.05, 0) is 48.6 Å². The molecule has 144 valence electrons. The van der Waals surface area contributed by atoms with Gasteiger partial charge in [0.15, 0.2) is 5.43 Å². The molecule has 5 rings (SSSR count). The fourth-order valence-corrected chi connectivity index (χ4v) is 4.17. The van der Waals surface area contributed by atoms with Gasteiger partial charge < -0.3 is 9.88 Å². The van der Waals surface area contributed by atoms with Crippen LogP contribution in [0.3, 0.4) is 0 Å². The van der Waals surface area contributed by atoms with Crippen molar-refractivity contribution in [3.05, 3.63) is 94.6 Å². The average Bonchev–Trinajstić information content (AvgIpc) is 3.61. The van der Waals surface area contributed by atoms with Crippen LogP contribution in [-0.2, 0) is 11.3 Å². The van der Waals surface area contributed by atoms with E-state index in [9.17, 15) is 9.59 Å². The maximum absolute atomic E-state index is 13.1. The second kappa shape index (κ2) is 7.21. The van der Waals surface area contributed by atoms with Gasteiger partial charge in [0.1, 0.15) is 6.54 Å². The van der Waals surface area contributed by atoms with Crippen LogP contribution in [0.4, 0.5) is 0 Å². The molecule has 0 bridgehead atoms. The van der Waals surface area contributed by atoms with Gasteiger partial charge in [-0.1, -0.05) is 54.6 Å². The lowest BCUT2D eigenvalue weighted by atomic mass is 10.0. The molecule has 1 saturated carbocycles. The number of carbonyl (C=O) groups is 1. The van der Waals surface area contributed by atoms with E-state index >= 15 is 0 Å². The first-order chi connectivity index (χ1) is 14.2. The molecule has 4 heteroatoms. The van der Waals surface area contributed by atoms with Crippen molar-refractivity contribution in [1.29, 1.82) is 0 Å². The van der Waals surface area contributed by atoms with E-state index in [1.54, 1.807) is 0 Å². The molecule has 1 fully saturated rings. The summed E-state index contributed by atoms with van der Waals surface area (Å²) < 4.78 is 1.95. The van der Waals surface area contributed by atoms with Crippen molar-refractivity contribution in [1.82, 2.24) is 9.88 Å². The molecule has 29 heavy (non-hydrogen) atoms. The van der Waals surface area contributed by atoms with Gasteiger partial charge in [-0.2, -0.15) is 0 Å². The molecule has 1 unspecified atom stereocenters. The summed E-state index contributed by atoms with van der Waals surface area (Å²) in [5, 5.41) is 4.53. The quantitative estimate of drug-likeness (QED) is 0.520. The third-order valence-electron chi connectivity index (χ3n) is 5.75.